The van der Waals surface area contributed by atoms with Gasteiger partial charge in [-0.25, -0.2) is 0 Å². The summed E-state index contributed by atoms with van der Waals surface area (Å²) in [6.07, 6.45) is 5.40. The first-order valence-electron chi connectivity index (χ1n) is 10.4. The van der Waals surface area contributed by atoms with E-state index in [4.69, 9.17) is 0 Å². The Bertz CT molecular complexity index is 935. The zero-order valence-electron chi connectivity index (χ0n) is 18.9. The van der Waals surface area contributed by atoms with E-state index in [1.807, 2.05) is 0 Å². The third kappa shape index (κ3) is 8.68. The molecule has 0 fully saturated rings. The molecular formula is C26H32Cl2HfP2. The van der Waals surface area contributed by atoms with E-state index in [9.17, 15) is 0 Å². The summed E-state index contributed by atoms with van der Waals surface area (Å²) in [5, 5.41) is 8.70. The van der Waals surface area contributed by atoms with Gasteiger partial charge in [0.2, 0.25) is 0 Å². The molecule has 0 aliphatic carbocycles. The molecule has 0 aliphatic rings. The van der Waals surface area contributed by atoms with Crippen LogP contribution in [0.3, 0.4) is 0 Å². The molecule has 0 heterocycles. The third-order valence-corrected chi connectivity index (χ3v) is 9.33. The van der Waals surface area contributed by atoms with Gasteiger partial charge in [0.1, 0.15) is 0 Å². The van der Waals surface area contributed by atoms with Gasteiger partial charge in [-0.1, -0.05) is 46.7 Å². The Balaban J connectivity index is 0.000000545. The van der Waals surface area contributed by atoms with E-state index >= 15 is 0 Å². The average Bonchev–Trinajstić information content (AvgIpc) is 3.32. The van der Waals surface area contributed by atoms with Gasteiger partial charge in [0.25, 0.3) is 0 Å². The number of benzene rings is 2. The monoisotopic (exact) mass is 656 g/mol. The molecule has 0 spiro atoms. The molecule has 5 heteroatoms. The van der Waals surface area contributed by atoms with Crippen LogP contribution in [0.2, 0.25) is 0 Å². The largest absolute Gasteiger partial charge is 4.00 e. The van der Waals surface area contributed by atoms with Crippen LogP contribution in [-0.2, 0) is 25.8 Å². The minimum atomic E-state index is 0. The number of hydrogen-bond acceptors (Lipinski definition) is 0. The zero-order chi connectivity index (χ0) is 19.9. The fourth-order valence-corrected chi connectivity index (χ4v) is 6.88. The van der Waals surface area contributed by atoms with Crippen molar-refractivity contribution in [1.82, 2.24) is 0 Å². The van der Waals surface area contributed by atoms with E-state index in [-0.39, 0.29) is 66.5 Å². The van der Waals surface area contributed by atoms with Crippen LogP contribution in [0.5, 0.6) is 0 Å². The average molecular weight is 656 g/mol. The molecule has 31 heavy (non-hydrogen) atoms. The molecule has 0 amide bonds. The summed E-state index contributed by atoms with van der Waals surface area (Å²) in [6, 6.07) is 26.7. The van der Waals surface area contributed by atoms with Gasteiger partial charge in [-0.05, 0) is 25.7 Å². The molecule has 0 atom stereocenters. The first kappa shape index (κ1) is 31.0. The molecule has 4 aromatic carbocycles. The number of rotatable bonds is 6. The molecule has 0 saturated carbocycles. The van der Waals surface area contributed by atoms with Crippen molar-refractivity contribution in [3.8, 4) is 0 Å². The van der Waals surface area contributed by atoms with E-state index in [1.54, 1.807) is 5.30 Å². The van der Waals surface area contributed by atoms with Gasteiger partial charge in [-0.3, -0.25) is 0 Å². The van der Waals surface area contributed by atoms with E-state index in [0.29, 0.717) is 0 Å². The summed E-state index contributed by atoms with van der Waals surface area (Å²) in [5.74, 6) is 0. The number of hydrogen-bond donors (Lipinski definition) is 0. The Morgan fingerprint density at radius 3 is 1.52 bits per heavy atom. The molecule has 0 aromatic heterocycles. The van der Waals surface area contributed by atoms with Crippen LogP contribution in [0, 0.1) is 0 Å². The Hall–Kier alpha value is -0.0299. The van der Waals surface area contributed by atoms with Gasteiger partial charge < -0.3 is 24.8 Å². The van der Waals surface area contributed by atoms with Gasteiger partial charge in [0.15, 0.2) is 0 Å². The second-order valence-electron chi connectivity index (χ2n) is 7.57. The minimum Gasteiger partial charge on any atom is -1.00 e. The second kappa shape index (κ2) is 15.7. The van der Waals surface area contributed by atoms with E-state index in [1.165, 1.54) is 52.0 Å². The minimum absolute atomic E-state index is 0. The van der Waals surface area contributed by atoms with Gasteiger partial charge in [-0.15, -0.1) is 88.6 Å². The molecule has 0 N–H and O–H groups in total. The smallest absolute Gasteiger partial charge is 1.00 e. The fraction of sp³-hybridized carbons (Fsp3) is 0.308. The summed E-state index contributed by atoms with van der Waals surface area (Å²) in [5.41, 5.74) is 0. The van der Waals surface area contributed by atoms with Gasteiger partial charge in [0, 0.05) is 0 Å². The van der Waals surface area contributed by atoms with E-state index < -0.39 is 0 Å². The molecule has 0 aliphatic heterocycles. The quantitative estimate of drug-likeness (QED) is 0.168. The summed E-state index contributed by atoms with van der Waals surface area (Å²) in [7, 11) is 0.155. The SMILES string of the molecule is CCCP(CCC)c1cc2ccccc2[cH-]1.CP(C)c1cc2ccccc2[cH-]1.[Cl-].[Cl-].[Hf+4]. The standard InChI is InChI=1S/C15H20P.C11H12P.2ClH.Hf/c1-3-9-16(10-4-2)15-11-13-7-5-6-8-14(13)12-15;1-12(2)11-7-9-5-3-4-6-10(9)8-11;;;/h5-8,11-12H,3-4,9-10H2,1-2H3;3-8H,1-2H3;2*1H;/q2*-1;;;+4/p-2. The molecule has 0 radical (unpaired) electrons. The normalized spacial score (nSPS) is 10.3. The van der Waals surface area contributed by atoms with Crippen molar-refractivity contribution in [2.24, 2.45) is 0 Å². The van der Waals surface area contributed by atoms with E-state index in [2.05, 4.69) is 100.0 Å². The first-order valence-corrected chi connectivity index (χ1v) is 14.3. The molecule has 4 aromatic rings. The number of fused-ring (bicyclic) bond motifs is 2. The Labute approximate surface area is 222 Å². The van der Waals surface area contributed by atoms with Crippen molar-refractivity contribution >= 4 is 48.0 Å². The topological polar surface area (TPSA) is 0 Å². The Morgan fingerprint density at radius 1 is 0.677 bits per heavy atom. The maximum Gasteiger partial charge on any atom is 4.00 e. The van der Waals surface area contributed by atoms with E-state index in [0.717, 1.165) is 0 Å². The molecule has 4 rings (SSSR count). The predicted molar refractivity (Wildman–Crippen MR) is 134 cm³/mol. The van der Waals surface area contributed by atoms with Crippen molar-refractivity contribution in [3.63, 3.8) is 0 Å². The molecule has 0 unspecified atom stereocenters. The third-order valence-electron chi connectivity index (χ3n) is 5.07. The van der Waals surface area contributed by atoms with Crippen molar-refractivity contribution in [1.29, 1.82) is 0 Å². The maximum absolute atomic E-state index is 2.41. The first-order chi connectivity index (χ1) is 13.6. The van der Waals surface area contributed by atoms with Crippen molar-refractivity contribution in [3.05, 3.63) is 72.8 Å². The molecule has 0 nitrogen and oxygen atoms in total. The predicted octanol–water partition coefficient (Wildman–Crippen LogP) is 1.42. The summed E-state index contributed by atoms with van der Waals surface area (Å²) in [4.78, 5) is 0. The summed E-state index contributed by atoms with van der Waals surface area (Å²) >= 11 is 0. The number of halogens is 2. The molecule has 0 saturated heterocycles. The summed E-state index contributed by atoms with van der Waals surface area (Å²) in [6.45, 7) is 9.19. The Kier molecular flexibility index (Phi) is 15.7. The zero-order valence-corrected chi connectivity index (χ0v) is 25.8. The molecule has 0 bridgehead atoms. The van der Waals surface area contributed by atoms with Gasteiger partial charge >= 0.3 is 25.8 Å². The van der Waals surface area contributed by atoms with Crippen molar-refractivity contribution < 1.29 is 50.7 Å². The molecular weight excluding hydrogens is 624 g/mol. The maximum atomic E-state index is 2.41. The van der Waals surface area contributed by atoms with Crippen LogP contribution in [0.1, 0.15) is 26.7 Å². The van der Waals surface area contributed by atoms with Gasteiger partial charge in [0.05, 0.1) is 0 Å². The Morgan fingerprint density at radius 2 is 1.10 bits per heavy atom. The molecule has 164 valence electrons. The van der Waals surface area contributed by atoms with Crippen molar-refractivity contribution in [2.75, 3.05) is 25.7 Å². The van der Waals surface area contributed by atoms with Crippen LogP contribution >= 0.6 is 15.8 Å². The van der Waals surface area contributed by atoms with Crippen LogP contribution in [-0.4, -0.2) is 25.7 Å². The van der Waals surface area contributed by atoms with Crippen LogP contribution in [0.25, 0.3) is 21.5 Å². The van der Waals surface area contributed by atoms with Crippen LogP contribution in [0.15, 0.2) is 72.8 Å². The van der Waals surface area contributed by atoms with Crippen LogP contribution in [0.4, 0.5) is 0 Å². The fourth-order valence-electron chi connectivity index (χ4n) is 3.62. The van der Waals surface area contributed by atoms with Gasteiger partial charge in [-0.2, -0.15) is 12.1 Å². The van der Waals surface area contributed by atoms with Crippen molar-refractivity contribution in [2.45, 2.75) is 26.7 Å². The second-order valence-corrected chi connectivity index (χ2v) is 12.4. The summed E-state index contributed by atoms with van der Waals surface area (Å²) < 4.78 is 0. The van der Waals surface area contributed by atoms with Crippen LogP contribution < -0.4 is 35.4 Å².